The van der Waals surface area contributed by atoms with Crippen LogP contribution >= 0.6 is 0 Å². The van der Waals surface area contributed by atoms with E-state index in [9.17, 15) is 4.79 Å². The molecule has 0 bridgehead atoms. The predicted octanol–water partition coefficient (Wildman–Crippen LogP) is 1.29. The van der Waals surface area contributed by atoms with Crippen molar-refractivity contribution >= 4 is 5.91 Å². The van der Waals surface area contributed by atoms with E-state index in [2.05, 4.69) is 18.8 Å². The first-order valence-electron chi connectivity index (χ1n) is 3.98. The van der Waals surface area contributed by atoms with Crippen LogP contribution in [0.5, 0.6) is 0 Å². The molecule has 2 heteroatoms. The van der Waals surface area contributed by atoms with Crippen molar-refractivity contribution in [1.82, 2.24) is 5.32 Å². The highest BCUT2D eigenvalue weighted by Gasteiger charge is 2.23. The SMILES string of the molecule is [CH2][C@H](CC1CC1)NC(=O)C=C. The molecule has 0 aromatic carbocycles. The zero-order valence-electron chi connectivity index (χ0n) is 6.68. The molecule has 1 rings (SSSR count). The van der Waals surface area contributed by atoms with Crippen LogP contribution in [0.4, 0.5) is 0 Å². The molecule has 61 valence electrons. The van der Waals surface area contributed by atoms with Crippen molar-refractivity contribution in [3.63, 3.8) is 0 Å². The fraction of sp³-hybridized carbons (Fsp3) is 0.556. The molecule has 1 amide bonds. The van der Waals surface area contributed by atoms with Crippen molar-refractivity contribution < 1.29 is 4.79 Å². The van der Waals surface area contributed by atoms with Gasteiger partial charge in [-0.15, -0.1) is 0 Å². The molecule has 0 saturated heterocycles. The normalized spacial score (nSPS) is 19.0. The van der Waals surface area contributed by atoms with Gasteiger partial charge in [0.25, 0.3) is 0 Å². The lowest BCUT2D eigenvalue weighted by molar-refractivity contribution is -0.116. The first-order valence-corrected chi connectivity index (χ1v) is 3.98. The number of carbonyl (C=O) groups is 1. The quantitative estimate of drug-likeness (QED) is 0.604. The average molecular weight is 152 g/mol. The maximum atomic E-state index is 10.8. The van der Waals surface area contributed by atoms with E-state index in [-0.39, 0.29) is 11.9 Å². The van der Waals surface area contributed by atoms with Crippen LogP contribution in [0.15, 0.2) is 12.7 Å². The molecule has 1 atom stereocenters. The first-order chi connectivity index (χ1) is 5.22. The molecular weight excluding hydrogens is 138 g/mol. The highest BCUT2D eigenvalue weighted by molar-refractivity contribution is 5.87. The van der Waals surface area contributed by atoms with Crippen LogP contribution < -0.4 is 5.32 Å². The van der Waals surface area contributed by atoms with Gasteiger partial charge < -0.3 is 5.32 Å². The zero-order chi connectivity index (χ0) is 8.27. The third-order valence-electron chi connectivity index (χ3n) is 1.85. The summed E-state index contributed by atoms with van der Waals surface area (Å²) in [5.74, 6) is 0.688. The van der Waals surface area contributed by atoms with Gasteiger partial charge in [-0.25, -0.2) is 0 Å². The Morgan fingerprint density at radius 3 is 2.82 bits per heavy atom. The Hall–Kier alpha value is -0.790. The van der Waals surface area contributed by atoms with Crippen LogP contribution in [0.2, 0.25) is 0 Å². The summed E-state index contributed by atoms with van der Waals surface area (Å²) >= 11 is 0. The zero-order valence-corrected chi connectivity index (χ0v) is 6.68. The standard InChI is InChI=1S/C9H14NO/c1-3-9(11)10-7(2)6-8-4-5-8/h3,7-8H,1-2,4-6H2,(H,10,11)/t7-/m1/s1. The van der Waals surface area contributed by atoms with Crippen LogP contribution in [0.25, 0.3) is 0 Å². The molecule has 0 spiro atoms. The van der Waals surface area contributed by atoms with E-state index in [1.165, 1.54) is 18.9 Å². The van der Waals surface area contributed by atoms with Gasteiger partial charge >= 0.3 is 0 Å². The van der Waals surface area contributed by atoms with Gasteiger partial charge in [0, 0.05) is 6.04 Å². The lowest BCUT2D eigenvalue weighted by atomic mass is 10.1. The van der Waals surface area contributed by atoms with E-state index < -0.39 is 0 Å². The molecule has 0 heterocycles. The Morgan fingerprint density at radius 2 is 2.36 bits per heavy atom. The van der Waals surface area contributed by atoms with E-state index in [1.807, 2.05) is 0 Å². The monoisotopic (exact) mass is 152 g/mol. The number of carbonyl (C=O) groups excluding carboxylic acids is 1. The fourth-order valence-electron chi connectivity index (χ4n) is 1.07. The van der Waals surface area contributed by atoms with E-state index >= 15 is 0 Å². The Labute approximate surface area is 67.7 Å². The van der Waals surface area contributed by atoms with Crippen LogP contribution in [0.1, 0.15) is 19.3 Å². The second-order valence-electron chi connectivity index (χ2n) is 3.09. The third kappa shape index (κ3) is 3.21. The molecule has 0 aromatic rings. The largest absolute Gasteiger partial charge is 0.350 e. The van der Waals surface area contributed by atoms with Crippen molar-refractivity contribution in [3.05, 3.63) is 19.6 Å². The Balaban J connectivity index is 2.13. The summed E-state index contributed by atoms with van der Waals surface area (Å²) in [5, 5.41) is 2.73. The summed E-state index contributed by atoms with van der Waals surface area (Å²) in [6.45, 7) is 7.20. The van der Waals surface area contributed by atoms with E-state index in [1.54, 1.807) is 0 Å². The first kappa shape index (κ1) is 8.31. The van der Waals surface area contributed by atoms with Gasteiger partial charge in [0.2, 0.25) is 5.91 Å². The maximum Gasteiger partial charge on any atom is 0.243 e. The highest BCUT2D eigenvalue weighted by Crippen LogP contribution is 2.33. The van der Waals surface area contributed by atoms with Crippen molar-refractivity contribution in [2.75, 3.05) is 0 Å². The lowest BCUT2D eigenvalue weighted by Gasteiger charge is -2.10. The van der Waals surface area contributed by atoms with Gasteiger partial charge in [-0.2, -0.15) is 0 Å². The molecule has 1 aliphatic rings. The highest BCUT2D eigenvalue weighted by atomic mass is 16.1. The second kappa shape index (κ2) is 3.56. The molecule has 0 aromatic heterocycles. The van der Waals surface area contributed by atoms with Gasteiger partial charge in [0.05, 0.1) is 0 Å². The predicted molar refractivity (Wildman–Crippen MR) is 44.8 cm³/mol. The van der Waals surface area contributed by atoms with E-state index in [0.717, 1.165) is 12.3 Å². The summed E-state index contributed by atoms with van der Waals surface area (Å²) in [5.41, 5.74) is 0. The average Bonchev–Trinajstić information content (AvgIpc) is 2.71. The third-order valence-corrected chi connectivity index (χ3v) is 1.85. The summed E-state index contributed by atoms with van der Waals surface area (Å²) in [4.78, 5) is 10.8. The van der Waals surface area contributed by atoms with Gasteiger partial charge in [-0.05, 0) is 25.3 Å². The van der Waals surface area contributed by atoms with Gasteiger partial charge in [0.1, 0.15) is 0 Å². The van der Waals surface area contributed by atoms with E-state index in [4.69, 9.17) is 0 Å². The maximum absolute atomic E-state index is 10.8. The van der Waals surface area contributed by atoms with Crippen molar-refractivity contribution in [2.24, 2.45) is 5.92 Å². The van der Waals surface area contributed by atoms with Gasteiger partial charge in [-0.1, -0.05) is 19.4 Å². The summed E-state index contributed by atoms with van der Waals surface area (Å²) < 4.78 is 0. The molecule has 1 fully saturated rings. The number of amides is 1. The lowest BCUT2D eigenvalue weighted by Crippen LogP contribution is -2.31. The molecule has 0 unspecified atom stereocenters. The topological polar surface area (TPSA) is 29.1 Å². The van der Waals surface area contributed by atoms with Gasteiger partial charge in [0.15, 0.2) is 0 Å². The number of hydrogen-bond donors (Lipinski definition) is 1. The molecular formula is C9H14NO. The number of nitrogens with one attached hydrogen (secondary N) is 1. The van der Waals surface area contributed by atoms with E-state index in [0.29, 0.717) is 0 Å². The summed E-state index contributed by atoms with van der Waals surface area (Å²) in [7, 11) is 0. The second-order valence-corrected chi connectivity index (χ2v) is 3.09. The molecule has 0 aliphatic heterocycles. The minimum absolute atomic E-state index is 0.0630. The van der Waals surface area contributed by atoms with Crippen LogP contribution in [-0.4, -0.2) is 11.9 Å². The van der Waals surface area contributed by atoms with Crippen molar-refractivity contribution in [3.8, 4) is 0 Å². The van der Waals surface area contributed by atoms with Gasteiger partial charge in [-0.3, -0.25) is 4.79 Å². The smallest absolute Gasteiger partial charge is 0.243 e. The van der Waals surface area contributed by atoms with Crippen molar-refractivity contribution in [2.45, 2.75) is 25.3 Å². The van der Waals surface area contributed by atoms with Crippen LogP contribution in [0, 0.1) is 12.8 Å². The molecule has 2 nitrogen and oxygen atoms in total. The Kier molecular flexibility index (Phi) is 2.69. The summed E-state index contributed by atoms with van der Waals surface area (Å²) in [6, 6.07) is 0.0630. The minimum atomic E-state index is -0.120. The number of hydrogen-bond acceptors (Lipinski definition) is 1. The van der Waals surface area contributed by atoms with Crippen LogP contribution in [0.3, 0.4) is 0 Å². The fourth-order valence-corrected chi connectivity index (χ4v) is 1.07. The molecule has 1 radical (unpaired) electrons. The minimum Gasteiger partial charge on any atom is -0.350 e. The molecule has 1 aliphatic carbocycles. The Bertz CT molecular complexity index is 161. The molecule has 1 N–H and O–H groups in total. The molecule has 11 heavy (non-hydrogen) atoms. The van der Waals surface area contributed by atoms with Crippen LogP contribution in [-0.2, 0) is 4.79 Å². The van der Waals surface area contributed by atoms with Crippen molar-refractivity contribution in [1.29, 1.82) is 0 Å². The Morgan fingerprint density at radius 1 is 1.73 bits per heavy atom. The molecule has 1 saturated carbocycles. The summed E-state index contributed by atoms with van der Waals surface area (Å²) in [6.07, 6.45) is 4.90. The number of rotatable bonds is 4.